The first-order chi connectivity index (χ1) is 9.00. The van der Waals surface area contributed by atoms with Crippen molar-refractivity contribution in [2.75, 3.05) is 12.3 Å². The Balaban J connectivity index is 2.05. The lowest BCUT2D eigenvalue weighted by Gasteiger charge is -2.12. The number of hydrogen-bond acceptors (Lipinski definition) is 5. The van der Waals surface area contributed by atoms with Crippen LogP contribution in [0.1, 0.15) is 11.7 Å². The molecule has 5 N–H and O–H groups in total. The number of aromatic amines is 1. The van der Waals surface area contributed by atoms with Gasteiger partial charge in [-0.15, -0.1) is 0 Å². The fourth-order valence-corrected chi connectivity index (χ4v) is 2.62. The number of sulfonamides is 1. The van der Waals surface area contributed by atoms with Crippen LogP contribution in [0.25, 0.3) is 0 Å². The molecular formula is C11H14N4O3S. The van der Waals surface area contributed by atoms with Gasteiger partial charge in [-0.1, -0.05) is 30.3 Å². The summed E-state index contributed by atoms with van der Waals surface area (Å²) < 4.78 is 26.1. The Hall–Kier alpha value is -1.90. The Kier molecular flexibility index (Phi) is 3.84. The van der Waals surface area contributed by atoms with Crippen molar-refractivity contribution in [2.24, 2.45) is 0 Å². The third kappa shape index (κ3) is 3.11. The lowest BCUT2D eigenvalue weighted by Crippen LogP contribution is -2.28. The van der Waals surface area contributed by atoms with Crippen LogP contribution < -0.4 is 10.5 Å². The van der Waals surface area contributed by atoms with Gasteiger partial charge in [0.25, 0.3) is 0 Å². The first-order valence-electron chi connectivity index (χ1n) is 5.52. The van der Waals surface area contributed by atoms with E-state index in [1.807, 2.05) is 6.07 Å². The second kappa shape index (κ2) is 5.39. The quantitative estimate of drug-likeness (QED) is 0.615. The van der Waals surface area contributed by atoms with Gasteiger partial charge in [0.05, 0.1) is 12.3 Å². The van der Waals surface area contributed by atoms with Crippen molar-refractivity contribution in [1.82, 2.24) is 14.9 Å². The van der Waals surface area contributed by atoms with Crippen LogP contribution in [0.2, 0.25) is 0 Å². The minimum Gasteiger partial charge on any atom is -0.387 e. The zero-order valence-electron chi connectivity index (χ0n) is 9.95. The Morgan fingerprint density at radius 2 is 2.05 bits per heavy atom. The number of aliphatic hydroxyl groups is 1. The van der Waals surface area contributed by atoms with Crippen molar-refractivity contribution < 1.29 is 13.5 Å². The largest absolute Gasteiger partial charge is 0.387 e. The maximum Gasteiger partial charge on any atom is 0.245 e. The summed E-state index contributed by atoms with van der Waals surface area (Å²) in [6.45, 7) is -0.142. The topological polar surface area (TPSA) is 121 Å². The third-order valence-electron chi connectivity index (χ3n) is 2.57. The highest BCUT2D eigenvalue weighted by atomic mass is 32.2. The summed E-state index contributed by atoms with van der Waals surface area (Å²) >= 11 is 0. The SMILES string of the molecule is Nc1[nH]ncc1S(=O)(=O)NCC(O)c1ccccc1. The number of aromatic nitrogens is 2. The number of nitrogen functional groups attached to an aromatic ring is 1. The van der Waals surface area contributed by atoms with E-state index in [1.54, 1.807) is 24.3 Å². The lowest BCUT2D eigenvalue weighted by atomic mass is 10.1. The van der Waals surface area contributed by atoms with E-state index in [0.717, 1.165) is 6.20 Å². The predicted octanol–water partition coefficient (Wildman–Crippen LogP) is 0.00380. The molecule has 1 heterocycles. The number of aliphatic hydroxyl groups excluding tert-OH is 1. The number of anilines is 1. The van der Waals surface area contributed by atoms with Gasteiger partial charge < -0.3 is 10.8 Å². The maximum absolute atomic E-state index is 11.9. The lowest BCUT2D eigenvalue weighted by molar-refractivity contribution is 0.182. The van der Waals surface area contributed by atoms with E-state index in [0.29, 0.717) is 5.56 Å². The molecule has 8 heteroatoms. The molecule has 7 nitrogen and oxygen atoms in total. The van der Waals surface area contributed by atoms with Gasteiger partial charge in [-0.2, -0.15) is 5.10 Å². The predicted molar refractivity (Wildman–Crippen MR) is 69.6 cm³/mol. The Morgan fingerprint density at radius 3 is 2.63 bits per heavy atom. The number of H-pyrrole nitrogens is 1. The van der Waals surface area contributed by atoms with Gasteiger partial charge in [0.15, 0.2) is 0 Å². The zero-order valence-corrected chi connectivity index (χ0v) is 10.8. The first-order valence-corrected chi connectivity index (χ1v) is 7.00. The fourth-order valence-electron chi connectivity index (χ4n) is 1.56. The number of rotatable bonds is 5. The molecular weight excluding hydrogens is 268 g/mol. The van der Waals surface area contributed by atoms with Crippen molar-refractivity contribution in [2.45, 2.75) is 11.0 Å². The van der Waals surface area contributed by atoms with Crippen LogP contribution in [-0.4, -0.2) is 30.3 Å². The van der Waals surface area contributed by atoms with Crippen molar-refractivity contribution in [3.63, 3.8) is 0 Å². The zero-order chi connectivity index (χ0) is 13.9. The summed E-state index contributed by atoms with van der Waals surface area (Å²) in [6.07, 6.45) is 0.191. The van der Waals surface area contributed by atoms with E-state index in [2.05, 4.69) is 14.9 Å². The Morgan fingerprint density at radius 1 is 1.37 bits per heavy atom. The van der Waals surface area contributed by atoms with Crippen molar-refractivity contribution in [3.05, 3.63) is 42.1 Å². The molecule has 0 amide bonds. The highest BCUT2D eigenvalue weighted by Gasteiger charge is 2.20. The van der Waals surface area contributed by atoms with Crippen molar-refractivity contribution in [3.8, 4) is 0 Å². The second-order valence-corrected chi connectivity index (χ2v) is 5.66. The van der Waals surface area contributed by atoms with E-state index in [-0.39, 0.29) is 17.3 Å². The molecule has 1 unspecified atom stereocenters. The average Bonchev–Trinajstić information content (AvgIpc) is 2.84. The van der Waals surface area contributed by atoms with Crippen LogP contribution in [0, 0.1) is 0 Å². The summed E-state index contributed by atoms with van der Waals surface area (Å²) in [4.78, 5) is -0.132. The molecule has 1 aromatic carbocycles. The van der Waals surface area contributed by atoms with E-state index in [1.165, 1.54) is 0 Å². The summed E-state index contributed by atoms with van der Waals surface area (Å²) in [5.74, 6) is -0.0401. The molecule has 0 fully saturated rings. The fraction of sp³-hybridized carbons (Fsp3) is 0.182. The normalized spacial score (nSPS) is 13.3. The summed E-state index contributed by atoms with van der Waals surface area (Å²) in [5, 5.41) is 15.8. The smallest absolute Gasteiger partial charge is 0.245 e. The van der Waals surface area contributed by atoms with Crippen LogP contribution in [0.5, 0.6) is 0 Å². The summed E-state index contributed by atoms with van der Waals surface area (Å²) in [5.41, 5.74) is 6.07. The van der Waals surface area contributed by atoms with Gasteiger partial charge in [0.1, 0.15) is 10.7 Å². The van der Waals surface area contributed by atoms with E-state index in [4.69, 9.17) is 5.73 Å². The Labute approximate surface area is 110 Å². The molecule has 0 aliphatic rings. The van der Waals surface area contributed by atoms with Gasteiger partial charge in [0.2, 0.25) is 10.0 Å². The first kappa shape index (κ1) is 13.5. The molecule has 1 atom stereocenters. The summed E-state index contributed by atoms with van der Waals surface area (Å²) in [7, 11) is -3.78. The van der Waals surface area contributed by atoms with Gasteiger partial charge in [-0.3, -0.25) is 5.10 Å². The van der Waals surface area contributed by atoms with Crippen molar-refractivity contribution >= 4 is 15.8 Å². The van der Waals surface area contributed by atoms with Crippen LogP contribution in [-0.2, 0) is 10.0 Å². The van der Waals surface area contributed by atoms with Crippen LogP contribution in [0.4, 0.5) is 5.82 Å². The van der Waals surface area contributed by atoms with E-state index >= 15 is 0 Å². The average molecular weight is 282 g/mol. The third-order valence-corrected chi connectivity index (χ3v) is 4.02. The molecule has 0 aliphatic carbocycles. The molecule has 19 heavy (non-hydrogen) atoms. The number of nitrogens with zero attached hydrogens (tertiary/aromatic N) is 1. The molecule has 102 valence electrons. The number of hydrogen-bond donors (Lipinski definition) is 4. The minimum absolute atomic E-state index is 0.0401. The molecule has 0 saturated heterocycles. The minimum atomic E-state index is -3.78. The van der Waals surface area contributed by atoms with Gasteiger partial charge in [-0.05, 0) is 5.56 Å². The standard InChI is InChI=1S/C11H14N4O3S/c12-11-10(7-13-15-11)19(17,18)14-6-9(16)8-4-2-1-3-5-8/h1-5,7,9,14,16H,6H2,(H3,12,13,15). The molecule has 0 bridgehead atoms. The van der Waals surface area contributed by atoms with Crippen molar-refractivity contribution in [1.29, 1.82) is 0 Å². The number of nitrogens with one attached hydrogen (secondary N) is 2. The highest BCUT2D eigenvalue weighted by Crippen LogP contribution is 2.15. The van der Waals surface area contributed by atoms with Crippen LogP contribution in [0.15, 0.2) is 41.4 Å². The van der Waals surface area contributed by atoms with Gasteiger partial charge >= 0.3 is 0 Å². The molecule has 0 saturated carbocycles. The highest BCUT2D eigenvalue weighted by molar-refractivity contribution is 7.89. The molecule has 0 radical (unpaired) electrons. The van der Waals surface area contributed by atoms with Gasteiger partial charge in [-0.25, -0.2) is 13.1 Å². The Bertz CT molecular complexity index is 639. The second-order valence-electron chi connectivity index (χ2n) is 3.93. The number of benzene rings is 1. The monoisotopic (exact) mass is 282 g/mol. The van der Waals surface area contributed by atoms with Crippen LogP contribution in [0.3, 0.4) is 0 Å². The van der Waals surface area contributed by atoms with Gasteiger partial charge in [0, 0.05) is 6.54 Å². The summed E-state index contributed by atoms with van der Waals surface area (Å²) in [6, 6.07) is 8.77. The maximum atomic E-state index is 11.9. The molecule has 2 aromatic rings. The molecule has 1 aromatic heterocycles. The molecule has 0 spiro atoms. The number of nitrogens with two attached hydrogens (primary N) is 1. The van der Waals surface area contributed by atoms with E-state index in [9.17, 15) is 13.5 Å². The van der Waals surface area contributed by atoms with Crippen LogP contribution >= 0.6 is 0 Å². The molecule has 2 rings (SSSR count). The molecule has 0 aliphatic heterocycles. The van der Waals surface area contributed by atoms with E-state index < -0.39 is 16.1 Å².